The smallest absolute Gasteiger partial charge is 0.271 e. The van der Waals surface area contributed by atoms with Gasteiger partial charge in [0.15, 0.2) is 0 Å². The SMILES string of the molecule is CCN(CC)S(=O)(=O)c1cc(C)c(C)c(NS(=O)(=O)c2cc([N+](=O)[O-])cc(C)c2C)c1. The molecule has 2 aromatic rings. The lowest BCUT2D eigenvalue weighted by molar-refractivity contribution is -0.385. The predicted molar refractivity (Wildman–Crippen MR) is 119 cm³/mol. The molecule has 0 aliphatic heterocycles. The summed E-state index contributed by atoms with van der Waals surface area (Å²) in [5.41, 5.74) is 1.75. The fraction of sp³-hybridized carbons (Fsp3) is 0.400. The van der Waals surface area contributed by atoms with Crippen LogP contribution in [-0.4, -0.2) is 39.2 Å². The number of anilines is 1. The van der Waals surface area contributed by atoms with Crippen molar-refractivity contribution in [2.75, 3.05) is 17.8 Å². The molecule has 2 rings (SSSR count). The molecule has 2 aromatic carbocycles. The van der Waals surface area contributed by atoms with Gasteiger partial charge >= 0.3 is 0 Å². The van der Waals surface area contributed by atoms with E-state index in [4.69, 9.17) is 0 Å². The van der Waals surface area contributed by atoms with Gasteiger partial charge in [-0.1, -0.05) is 13.8 Å². The number of aryl methyl sites for hydroxylation is 2. The van der Waals surface area contributed by atoms with Crippen molar-refractivity contribution in [1.82, 2.24) is 4.31 Å². The second-order valence-corrected chi connectivity index (χ2v) is 10.8. The van der Waals surface area contributed by atoms with Gasteiger partial charge in [-0.05, 0) is 62.1 Å². The monoisotopic (exact) mass is 469 g/mol. The van der Waals surface area contributed by atoms with E-state index in [1.165, 1.54) is 22.5 Å². The molecular formula is C20H27N3O6S2. The Morgan fingerprint density at radius 1 is 0.903 bits per heavy atom. The highest BCUT2D eigenvalue weighted by molar-refractivity contribution is 7.92. The lowest BCUT2D eigenvalue weighted by atomic mass is 10.1. The number of benzene rings is 2. The zero-order chi connectivity index (χ0) is 23.7. The van der Waals surface area contributed by atoms with Crippen molar-refractivity contribution in [3.05, 3.63) is 56.6 Å². The van der Waals surface area contributed by atoms with Crippen molar-refractivity contribution in [3.63, 3.8) is 0 Å². The van der Waals surface area contributed by atoms with E-state index < -0.39 is 25.0 Å². The van der Waals surface area contributed by atoms with Gasteiger partial charge in [0.1, 0.15) is 0 Å². The van der Waals surface area contributed by atoms with Crippen LogP contribution in [0.2, 0.25) is 0 Å². The van der Waals surface area contributed by atoms with Gasteiger partial charge in [-0.3, -0.25) is 14.8 Å². The first kappa shape index (κ1) is 24.8. The Morgan fingerprint density at radius 3 is 1.97 bits per heavy atom. The molecular weight excluding hydrogens is 442 g/mol. The van der Waals surface area contributed by atoms with Gasteiger partial charge in [0, 0.05) is 25.2 Å². The van der Waals surface area contributed by atoms with Gasteiger partial charge < -0.3 is 0 Å². The molecule has 0 atom stereocenters. The molecule has 0 fully saturated rings. The fourth-order valence-electron chi connectivity index (χ4n) is 3.19. The number of nitrogens with one attached hydrogen (secondary N) is 1. The van der Waals surface area contributed by atoms with Gasteiger partial charge in [0.05, 0.1) is 20.4 Å². The summed E-state index contributed by atoms with van der Waals surface area (Å²) in [6.07, 6.45) is 0. The van der Waals surface area contributed by atoms with Gasteiger partial charge in [-0.15, -0.1) is 0 Å². The van der Waals surface area contributed by atoms with E-state index in [-0.39, 0.29) is 34.3 Å². The number of nitrogens with zero attached hydrogens (tertiary/aromatic N) is 2. The maximum Gasteiger partial charge on any atom is 0.271 e. The Kier molecular flexibility index (Phi) is 7.14. The van der Waals surface area contributed by atoms with Crippen LogP contribution in [0.5, 0.6) is 0 Å². The van der Waals surface area contributed by atoms with E-state index in [1.54, 1.807) is 41.5 Å². The van der Waals surface area contributed by atoms with E-state index in [1.807, 2.05) is 0 Å². The van der Waals surface area contributed by atoms with Crippen LogP contribution in [-0.2, 0) is 20.0 Å². The number of hydrogen-bond acceptors (Lipinski definition) is 6. The summed E-state index contributed by atoms with van der Waals surface area (Å²) in [7, 11) is -8.03. The second kappa shape index (κ2) is 8.93. The van der Waals surface area contributed by atoms with Crippen molar-refractivity contribution in [3.8, 4) is 0 Å². The molecule has 9 nitrogen and oxygen atoms in total. The summed E-state index contributed by atoms with van der Waals surface area (Å²) in [6.45, 7) is 10.5. The van der Waals surface area contributed by atoms with E-state index in [0.29, 0.717) is 22.3 Å². The Labute approximate surface area is 183 Å². The van der Waals surface area contributed by atoms with Crippen LogP contribution < -0.4 is 4.72 Å². The molecule has 0 radical (unpaired) electrons. The lowest BCUT2D eigenvalue weighted by Gasteiger charge is -2.21. The van der Waals surface area contributed by atoms with Gasteiger partial charge in [-0.2, -0.15) is 4.31 Å². The van der Waals surface area contributed by atoms with Crippen molar-refractivity contribution < 1.29 is 21.8 Å². The highest BCUT2D eigenvalue weighted by Gasteiger charge is 2.26. The maximum atomic E-state index is 13.1. The molecule has 1 N–H and O–H groups in total. The zero-order valence-corrected chi connectivity index (χ0v) is 20.0. The molecule has 0 aliphatic rings. The van der Waals surface area contributed by atoms with Crippen molar-refractivity contribution in [2.24, 2.45) is 0 Å². The molecule has 0 unspecified atom stereocenters. The average molecular weight is 470 g/mol. The zero-order valence-electron chi connectivity index (χ0n) is 18.4. The Balaban J connectivity index is 2.64. The third kappa shape index (κ3) is 4.89. The Hall–Kier alpha value is -2.50. The molecule has 11 heteroatoms. The van der Waals surface area contributed by atoms with E-state index in [0.717, 1.165) is 6.07 Å². The third-order valence-electron chi connectivity index (χ3n) is 5.33. The summed E-state index contributed by atoms with van der Waals surface area (Å²) in [6, 6.07) is 5.10. The van der Waals surface area contributed by atoms with Crippen LogP contribution in [0.4, 0.5) is 11.4 Å². The van der Waals surface area contributed by atoms with Gasteiger partial charge in [-0.25, -0.2) is 16.8 Å². The normalized spacial score (nSPS) is 12.2. The number of nitro benzene ring substituents is 1. The van der Waals surface area contributed by atoms with Crippen molar-refractivity contribution in [2.45, 2.75) is 51.3 Å². The first-order chi connectivity index (χ1) is 14.3. The number of non-ortho nitro benzene ring substituents is 1. The van der Waals surface area contributed by atoms with Gasteiger partial charge in [0.2, 0.25) is 10.0 Å². The topological polar surface area (TPSA) is 127 Å². The molecule has 0 aliphatic carbocycles. The number of nitro groups is 1. The fourth-order valence-corrected chi connectivity index (χ4v) is 6.21. The van der Waals surface area contributed by atoms with Crippen LogP contribution in [0.25, 0.3) is 0 Å². The summed E-state index contributed by atoms with van der Waals surface area (Å²) in [5.74, 6) is 0. The number of hydrogen-bond donors (Lipinski definition) is 1. The van der Waals surface area contributed by atoms with Gasteiger partial charge in [0.25, 0.3) is 15.7 Å². The molecule has 0 spiro atoms. The summed E-state index contributed by atoms with van der Waals surface area (Å²) < 4.78 is 55.8. The lowest BCUT2D eigenvalue weighted by Crippen LogP contribution is -2.30. The highest BCUT2D eigenvalue weighted by atomic mass is 32.2. The minimum Gasteiger partial charge on any atom is -0.279 e. The largest absolute Gasteiger partial charge is 0.279 e. The molecule has 0 aromatic heterocycles. The maximum absolute atomic E-state index is 13.1. The summed E-state index contributed by atoms with van der Waals surface area (Å²) in [5, 5.41) is 11.2. The van der Waals surface area contributed by atoms with Crippen LogP contribution in [0, 0.1) is 37.8 Å². The molecule has 0 bridgehead atoms. The first-order valence-corrected chi connectivity index (χ1v) is 12.6. The molecule has 0 saturated carbocycles. The van der Waals surface area contributed by atoms with Crippen LogP contribution in [0.15, 0.2) is 34.1 Å². The molecule has 170 valence electrons. The number of sulfonamides is 2. The molecule has 0 amide bonds. The third-order valence-corrected chi connectivity index (χ3v) is 8.85. The van der Waals surface area contributed by atoms with Crippen LogP contribution in [0.1, 0.15) is 36.1 Å². The second-order valence-electron chi connectivity index (χ2n) is 7.25. The highest BCUT2D eigenvalue weighted by Crippen LogP contribution is 2.31. The molecule has 31 heavy (non-hydrogen) atoms. The minimum absolute atomic E-state index is 0.0241. The van der Waals surface area contributed by atoms with Crippen LogP contribution in [0.3, 0.4) is 0 Å². The molecule has 0 heterocycles. The standard InChI is InChI=1S/C20H27N3O6S2/c1-7-22(8-2)31(28,29)18-10-14(4)15(5)19(12-18)21-30(26,27)20-11-17(23(24)25)9-13(3)16(20)6/h9-12,21H,7-8H2,1-6H3. The quantitative estimate of drug-likeness (QED) is 0.464. The minimum atomic E-state index is -4.22. The van der Waals surface area contributed by atoms with E-state index in [9.17, 15) is 26.9 Å². The number of rotatable bonds is 8. The Morgan fingerprint density at radius 2 is 1.45 bits per heavy atom. The summed E-state index contributed by atoms with van der Waals surface area (Å²) >= 11 is 0. The van der Waals surface area contributed by atoms with E-state index in [2.05, 4.69) is 4.72 Å². The van der Waals surface area contributed by atoms with E-state index >= 15 is 0 Å². The van der Waals surface area contributed by atoms with Crippen LogP contribution >= 0.6 is 0 Å². The predicted octanol–water partition coefficient (Wildman–Crippen LogP) is 3.66. The molecule has 0 saturated heterocycles. The van der Waals surface area contributed by atoms with Crippen molar-refractivity contribution in [1.29, 1.82) is 0 Å². The summed E-state index contributed by atoms with van der Waals surface area (Å²) in [4.78, 5) is 10.3. The first-order valence-electron chi connectivity index (χ1n) is 9.66. The van der Waals surface area contributed by atoms with Crippen molar-refractivity contribution >= 4 is 31.4 Å². The average Bonchev–Trinajstić information content (AvgIpc) is 2.67. The Bertz CT molecular complexity index is 1230.